The third kappa shape index (κ3) is 6.35. The number of sulfonamides is 1. The van der Waals surface area contributed by atoms with Crippen LogP contribution in [0.25, 0.3) is 16.9 Å². The lowest BCUT2D eigenvalue weighted by Gasteiger charge is -2.28. The van der Waals surface area contributed by atoms with E-state index in [1.807, 2.05) is 30.3 Å². The summed E-state index contributed by atoms with van der Waals surface area (Å²) in [5.41, 5.74) is 2.64. The molecule has 0 saturated carbocycles. The van der Waals surface area contributed by atoms with Crippen molar-refractivity contribution in [2.24, 2.45) is 0 Å². The number of nitrogens with zero attached hydrogens (tertiary/aromatic N) is 2. The fourth-order valence-electron chi connectivity index (χ4n) is 4.73. The Labute approximate surface area is 260 Å². The number of aliphatic hydroxyl groups is 1. The van der Waals surface area contributed by atoms with E-state index in [9.17, 15) is 31.5 Å². The van der Waals surface area contributed by atoms with E-state index in [4.69, 9.17) is 4.74 Å². The number of aromatic nitrogens is 1. The van der Waals surface area contributed by atoms with E-state index in [1.54, 1.807) is 54.6 Å². The lowest BCUT2D eigenvalue weighted by molar-refractivity contribution is -0.133. The molecule has 0 atom stereocenters. The number of nitrogens with one attached hydrogen (secondary N) is 1. The molecule has 2 N–H and O–H groups in total. The third-order valence-electron chi connectivity index (χ3n) is 6.99. The van der Waals surface area contributed by atoms with Crippen LogP contribution in [0.15, 0.2) is 119 Å². The van der Waals surface area contributed by atoms with Crippen molar-refractivity contribution < 1.29 is 36.3 Å². The molecule has 0 spiro atoms. The minimum atomic E-state index is -3.91. The second-order valence-corrected chi connectivity index (χ2v) is 13.9. The number of esters is 1. The summed E-state index contributed by atoms with van der Waals surface area (Å²) in [7, 11) is -5.92. The van der Waals surface area contributed by atoms with Crippen LogP contribution >= 0.6 is 0 Å². The number of rotatable bonds is 5. The smallest absolute Gasteiger partial charge is 0.339 e. The first-order valence-electron chi connectivity index (χ1n) is 13.4. The summed E-state index contributed by atoms with van der Waals surface area (Å²) in [6, 6.07) is 26.7. The molecule has 1 amide bonds. The quantitative estimate of drug-likeness (QED) is 0.304. The summed E-state index contributed by atoms with van der Waals surface area (Å²) in [4.78, 5) is 28.6. The van der Waals surface area contributed by atoms with Gasteiger partial charge in [0.25, 0.3) is 15.9 Å². The summed E-state index contributed by atoms with van der Waals surface area (Å²) in [6.45, 7) is 0.196. The minimum absolute atomic E-state index is 0.0469. The number of likely N-dealkylation sites (N-methyl/N-ethyl adjacent to an activating group) is 1. The molecular formula is C32H27N3O8S2. The van der Waals surface area contributed by atoms with Gasteiger partial charge in [0.05, 0.1) is 15.4 Å². The van der Waals surface area contributed by atoms with Crippen molar-refractivity contribution in [2.75, 3.05) is 25.2 Å². The monoisotopic (exact) mass is 645 g/mol. The van der Waals surface area contributed by atoms with E-state index < -0.39 is 31.5 Å². The van der Waals surface area contributed by atoms with Crippen LogP contribution in [0.2, 0.25) is 0 Å². The van der Waals surface area contributed by atoms with Gasteiger partial charge in [-0.25, -0.2) is 26.6 Å². The molecule has 11 nitrogen and oxygen atoms in total. The molecule has 13 heteroatoms. The Balaban J connectivity index is 0.000000178. The molecule has 0 saturated heterocycles. The average molecular weight is 646 g/mol. The van der Waals surface area contributed by atoms with E-state index in [0.717, 1.165) is 21.0 Å². The maximum atomic E-state index is 12.5. The van der Waals surface area contributed by atoms with Gasteiger partial charge in [-0.05, 0) is 47.5 Å². The molecule has 230 valence electrons. The third-order valence-corrected chi connectivity index (χ3v) is 9.93. The van der Waals surface area contributed by atoms with Crippen LogP contribution in [-0.2, 0) is 34.2 Å². The van der Waals surface area contributed by atoms with Gasteiger partial charge in [0.2, 0.25) is 0 Å². The van der Waals surface area contributed by atoms with Gasteiger partial charge in [-0.3, -0.25) is 9.10 Å². The molecule has 4 aromatic rings. The van der Waals surface area contributed by atoms with Crippen molar-refractivity contribution in [1.29, 1.82) is 0 Å². The van der Waals surface area contributed by atoms with Crippen LogP contribution in [0, 0.1) is 0 Å². The van der Waals surface area contributed by atoms with Crippen LogP contribution < -0.4 is 5.32 Å². The molecular weight excluding hydrogens is 618 g/mol. The van der Waals surface area contributed by atoms with Gasteiger partial charge in [-0.1, -0.05) is 60.7 Å². The minimum Gasteiger partial charge on any atom is -0.505 e. The van der Waals surface area contributed by atoms with Gasteiger partial charge in [-0.2, -0.15) is 0 Å². The number of cyclic esters (lactones) is 1. The predicted octanol–water partition coefficient (Wildman–Crippen LogP) is 4.14. The number of carbonyl (C=O) groups excluding carboxylic acids is 2. The van der Waals surface area contributed by atoms with Crippen LogP contribution in [-0.4, -0.2) is 63.0 Å². The summed E-state index contributed by atoms with van der Waals surface area (Å²) >= 11 is 0. The van der Waals surface area contributed by atoms with E-state index in [0.29, 0.717) is 5.57 Å². The molecule has 0 radical (unpaired) electrons. The zero-order chi connectivity index (χ0) is 32.4. The van der Waals surface area contributed by atoms with Gasteiger partial charge < -0.3 is 15.2 Å². The fraction of sp³-hybridized carbons (Fsp3) is 0.0938. The second kappa shape index (κ2) is 12.4. The summed E-state index contributed by atoms with van der Waals surface area (Å²) in [5, 5.41) is 12.8. The highest BCUT2D eigenvalue weighted by Crippen LogP contribution is 2.35. The second-order valence-electron chi connectivity index (χ2n) is 9.93. The van der Waals surface area contributed by atoms with Crippen LogP contribution in [0.5, 0.6) is 0 Å². The maximum absolute atomic E-state index is 12.5. The number of pyridine rings is 1. The Morgan fingerprint density at radius 3 is 2.20 bits per heavy atom. The fourth-order valence-corrected chi connectivity index (χ4v) is 6.76. The molecule has 6 rings (SSSR count). The lowest BCUT2D eigenvalue weighted by Crippen LogP contribution is -2.37. The number of aliphatic hydroxyl groups excluding tert-OH is 1. The van der Waals surface area contributed by atoms with Crippen molar-refractivity contribution in [3.63, 3.8) is 0 Å². The number of hydrogen-bond acceptors (Lipinski definition) is 9. The molecule has 0 bridgehead atoms. The van der Waals surface area contributed by atoms with Gasteiger partial charge in [0.1, 0.15) is 12.4 Å². The highest BCUT2D eigenvalue weighted by Gasteiger charge is 2.37. The topological polar surface area (TPSA) is 160 Å². The summed E-state index contributed by atoms with van der Waals surface area (Å²) in [5.74, 6) is -1.26. The van der Waals surface area contributed by atoms with E-state index >= 15 is 0 Å². The normalized spacial score (nSPS) is 15.5. The van der Waals surface area contributed by atoms with Crippen molar-refractivity contribution in [2.45, 2.75) is 9.79 Å². The first-order chi connectivity index (χ1) is 21.4. The predicted molar refractivity (Wildman–Crippen MR) is 168 cm³/mol. The Hall–Kier alpha value is -5.27. The number of benzene rings is 3. The zero-order valence-corrected chi connectivity index (χ0v) is 25.7. The molecule has 2 aliphatic heterocycles. The van der Waals surface area contributed by atoms with Crippen LogP contribution in [0.1, 0.15) is 16.7 Å². The Kier molecular flexibility index (Phi) is 8.57. The zero-order valence-electron chi connectivity index (χ0n) is 24.0. The lowest BCUT2D eigenvalue weighted by atomic mass is 9.97. The Bertz CT molecular complexity index is 2060. The van der Waals surface area contributed by atoms with E-state index in [1.165, 1.54) is 31.6 Å². The van der Waals surface area contributed by atoms with Gasteiger partial charge in [-0.15, -0.1) is 0 Å². The Morgan fingerprint density at radius 1 is 0.911 bits per heavy atom. The van der Waals surface area contributed by atoms with Gasteiger partial charge in [0, 0.05) is 30.6 Å². The average Bonchev–Trinajstić information content (AvgIpc) is 3.42. The van der Waals surface area contributed by atoms with Crippen LogP contribution in [0.3, 0.4) is 0 Å². The number of hydrogen-bond donors (Lipinski definition) is 2. The number of fused-ring (bicyclic) bond motifs is 1. The van der Waals surface area contributed by atoms with Crippen molar-refractivity contribution >= 4 is 54.5 Å². The summed E-state index contributed by atoms with van der Waals surface area (Å²) < 4.78 is 53.9. The van der Waals surface area contributed by atoms with Crippen LogP contribution in [0.4, 0.5) is 5.82 Å². The number of sulfone groups is 1. The first-order valence-corrected chi connectivity index (χ1v) is 16.7. The number of ether oxygens (including phenoxy) is 1. The molecule has 3 aromatic carbocycles. The van der Waals surface area contributed by atoms with Gasteiger partial charge >= 0.3 is 5.97 Å². The van der Waals surface area contributed by atoms with Crippen molar-refractivity contribution in [1.82, 2.24) is 9.29 Å². The highest BCUT2D eigenvalue weighted by atomic mass is 32.2. The van der Waals surface area contributed by atoms with E-state index in [2.05, 4.69) is 10.3 Å². The molecule has 2 aliphatic rings. The molecule has 0 aliphatic carbocycles. The molecule has 0 unspecified atom stereocenters. The Morgan fingerprint density at radius 2 is 1.56 bits per heavy atom. The number of carbonyl (C=O) groups is 2. The largest absolute Gasteiger partial charge is 0.505 e. The van der Waals surface area contributed by atoms with E-state index in [-0.39, 0.29) is 39.4 Å². The number of anilines is 1. The molecule has 3 heterocycles. The summed E-state index contributed by atoms with van der Waals surface area (Å²) in [6.07, 6.45) is 2.65. The SMILES string of the molecule is CN1C(C(=O)Nc2ccccn2)=C(O)c2ccccc2S1(=O)=O.CS(=O)(=O)c1ccc(C2=C(c3ccccc3)C(=O)OC2)cc1. The standard InChI is InChI=1S/C17H14O4S.C15H13N3O4S/c1-22(19,20)14-9-7-12(8-10-14)15-11-21-17(18)16(15)13-5-3-2-4-6-13;1-18-13(15(20)17-12-8-4-5-9-16-12)14(19)10-6-2-3-7-11(10)23(18,21)22/h2-10H,11H2,1H3;2-9,19H,1H3,(H,16,17,20). The van der Waals surface area contributed by atoms with Gasteiger partial charge in [0.15, 0.2) is 21.3 Å². The first kappa shape index (κ1) is 31.2. The number of amides is 1. The molecule has 45 heavy (non-hydrogen) atoms. The highest BCUT2D eigenvalue weighted by molar-refractivity contribution is 7.90. The van der Waals surface area contributed by atoms with Crippen molar-refractivity contribution in [3.8, 4) is 0 Å². The molecule has 0 fully saturated rings. The molecule has 1 aromatic heterocycles. The van der Waals surface area contributed by atoms with Crippen molar-refractivity contribution in [3.05, 3.63) is 126 Å². The maximum Gasteiger partial charge on any atom is 0.339 e.